The second-order valence-corrected chi connectivity index (χ2v) is 3.80. The van der Waals surface area contributed by atoms with Gasteiger partial charge in [-0.25, -0.2) is 0 Å². The molecule has 2 rings (SSSR count). The number of benzene rings is 1. The van der Waals surface area contributed by atoms with Gasteiger partial charge in [-0.3, -0.25) is 4.79 Å². The monoisotopic (exact) mass is 206 g/mol. The van der Waals surface area contributed by atoms with Crippen LogP contribution >= 0.6 is 0 Å². The number of nitrogens with two attached hydrogens (primary N) is 1. The van der Waals surface area contributed by atoms with E-state index < -0.39 is 5.91 Å². The number of primary amides is 1. The van der Waals surface area contributed by atoms with Crippen molar-refractivity contribution in [3.8, 4) is 0 Å². The van der Waals surface area contributed by atoms with Crippen LogP contribution in [-0.4, -0.2) is 30.2 Å². The molecule has 0 spiro atoms. The van der Waals surface area contributed by atoms with Crippen LogP contribution in [0, 0.1) is 0 Å². The standard InChI is InChI=1S/C11H14N2O2/c12-11(15)8-1-3-9(4-2-8)13-6-5-10(14)7-13/h1-4,10,14H,5-7H2,(H2,12,15). The lowest BCUT2D eigenvalue weighted by atomic mass is 10.2. The van der Waals surface area contributed by atoms with Crippen LogP contribution in [0.2, 0.25) is 0 Å². The molecule has 0 bridgehead atoms. The van der Waals surface area contributed by atoms with Crippen LogP contribution in [0.4, 0.5) is 5.69 Å². The fourth-order valence-corrected chi connectivity index (χ4v) is 1.81. The molecule has 1 aliphatic heterocycles. The van der Waals surface area contributed by atoms with Crippen LogP contribution < -0.4 is 10.6 Å². The molecule has 4 heteroatoms. The number of amides is 1. The molecule has 1 aromatic carbocycles. The van der Waals surface area contributed by atoms with Gasteiger partial charge < -0.3 is 15.7 Å². The number of aliphatic hydroxyl groups is 1. The third-order valence-corrected chi connectivity index (χ3v) is 2.68. The van der Waals surface area contributed by atoms with E-state index in [2.05, 4.69) is 4.90 Å². The Morgan fingerprint density at radius 3 is 2.53 bits per heavy atom. The van der Waals surface area contributed by atoms with Crippen LogP contribution in [0.1, 0.15) is 16.8 Å². The Balaban J connectivity index is 2.13. The van der Waals surface area contributed by atoms with E-state index in [9.17, 15) is 9.90 Å². The molecule has 0 aromatic heterocycles. The first-order chi connectivity index (χ1) is 7.16. The third kappa shape index (κ3) is 2.10. The van der Waals surface area contributed by atoms with E-state index in [-0.39, 0.29) is 6.10 Å². The Morgan fingerprint density at radius 1 is 1.40 bits per heavy atom. The summed E-state index contributed by atoms with van der Waals surface area (Å²) in [6.07, 6.45) is 0.568. The first kappa shape index (κ1) is 9.98. The number of rotatable bonds is 2. The second kappa shape index (κ2) is 3.90. The highest BCUT2D eigenvalue weighted by Crippen LogP contribution is 2.20. The molecule has 1 unspecified atom stereocenters. The fourth-order valence-electron chi connectivity index (χ4n) is 1.81. The predicted molar refractivity (Wildman–Crippen MR) is 57.8 cm³/mol. The van der Waals surface area contributed by atoms with Gasteiger partial charge >= 0.3 is 0 Å². The van der Waals surface area contributed by atoms with Crippen molar-refractivity contribution in [2.45, 2.75) is 12.5 Å². The van der Waals surface area contributed by atoms with Crippen molar-refractivity contribution >= 4 is 11.6 Å². The summed E-state index contributed by atoms with van der Waals surface area (Å²) >= 11 is 0. The number of anilines is 1. The molecule has 4 nitrogen and oxygen atoms in total. The lowest BCUT2D eigenvalue weighted by molar-refractivity contribution is 0.100. The molecule has 1 atom stereocenters. The minimum Gasteiger partial charge on any atom is -0.391 e. The van der Waals surface area contributed by atoms with Gasteiger partial charge in [-0.15, -0.1) is 0 Å². The van der Waals surface area contributed by atoms with E-state index in [4.69, 9.17) is 5.73 Å². The molecule has 1 heterocycles. The topological polar surface area (TPSA) is 66.6 Å². The molecule has 80 valence electrons. The van der Waals surface area contributed by atoms with Gasteiger partial charge in [0.15, 0.2) is 0 Å². The number of carbonyl (C=O) groups is 1. The Bertz CT molecular complexity index is 361. The van der Waals surface area contributed by atoms with Crippen LogP contribution in [0.5, 0.6) is 0 Å². The Hall–Kier alpha value is -1.55. The SMILES string of the molecule is NC(=O)c1ccc(N2CCC(O)C2)cc1. The lowest BCUT2D eigenvalue weighted by Crippen LogP contribution is -2.21. The highest BCUT2D eigenvalue weighted by molar-refractivity contribution is 5.93. The van der Waals surface area contributed by atoms with Gasteiger partial charge in [-0.1, -0.05) is 0 Å². The van der Waals surface area contributed by atoms with Crippen molar-refractivity contribution in [2.75, 3.05) is 18.0 Å². The van der Waals surface area contributed by atoms with Crippen molar-refractivity contribution in [1.29, 1.82) is 0 Å². The number of aliphatic hydroxyl groups excluding tert-OH is 1. The molecular weight excluding hydrogens is 192 g/mol. The summed E-state index contributed by atoms with van der Waals surface area (Å²) in [7, 11) is 0. The zero-order valence-corrected chi connectivity index (χ0v) is 8.39. The molecule has 1 aliphatic rings. The summed E-state index contributed by atoms with van der Waals surface area (Å²) in [6, 6.07) is 7.14. The number of hydrogen-bond donors (Lipinski definition) is 2. The maximum absolute atomic E-state index is 10.9. The summed E-state index contributed by atoms with van der Waals surface area (Å²) < 4.78 is 0. The maximum Gasteiger partial charge on any atom is 0.248 e. The van der Waals surface area contributed by atoms with Crippen LogP contribution in [0.25, 0.3) is 0 Å². The Kier molecular flexibility index (Phi) is 2.60. The molecule has 0 radical (unpaired) electrons. The molecule has 1 fully saturated rings. The predicted octanol–water partition coefficient (Wildman–Crippen LogP) is 0.356. The molecule has 1 aromatic rings. The molecule has 15 heavy (non-hydrogen) atoms. The van der Waals surface area contributed by atoms with Crippen molar-refractivity contribution in [3.63, 3.8) is 0 Å². The number of carbonyl (C=O) groups excluding carboxylic acids is 1. The van der Waals surface area contributed by atoms with Crippen LogP contribution in [0.3, 0.4) is 0 Å². The van der Waals surface area contributed by atoms with Gasteiger partial charge in [0.25, 0.3) is 0 Å². The van der Waals surface area contributed by atoms with Gasteiger partial charge in [0, 0.05) is 24.3 Å². The normalized spacial score (nSPS) is 20.6. The van der Waals surface area contributed by atoms with Gasteiger partial charge in [0.05, 0.1) is 6.10 Å². The largest absolute Gasteiger partial charge is 0.391 e. The zero-order chi connectivity index (χ0) is 10.8. The highest BCUT2D eigenvalue weighted by Gasteiger charge is 2.20. The first-order valence-electron chi connectivity index (χ1n) is 4.99. The Morgan fingerprint density at radius 2 is 2.07 bits per heavy atom. The van der Waals surface area contributed by atoms with Crippen LogP contribution in [0.15, 0.2) is 24.3 Å². The van der Waals surface area contributed by atoms with Crippen LogP contribution in [-0.2, 0) is 0 Å². The highest BCUT2D eigenvalue weighted by atomic mass is 16.3. The average Bonchev–Trinajstić information content (AvgIpc) is 2.65. The Labute approximate surface area is 88.3 Å². The molecule has 0 aliphatic carbocycles. The summed E-state index contributed by atoms with van der Waals surface area (Å²) in [6.45, 7) is 1.52. The molecule has 3 N–H and O–H groups in total. The van der Waals surface area contributed by atoms with Crippen molar-refractivity contribution in [3.05, 3.63) is 29.8 Å². The smallest absolute Gasteiger partial charge is 0.248 e. The quantitative estimate of drug-likeness (QED) is 0.734. The van der Waals surface area contributed by atoms with Crippen molar-refractivity contribution in [2.24, 2.45) is 5.73 Å². The summed E-state index contributed by atoms with van der Waals surface area (Å²) in [5.41, 5.74) is 6.68. The van der Waals surface area contributed by atoms with E-state index in [0.717, 1.165) is 18.7 Å². The van der Waals surface area contributed by atoms with Gasteiger partial charge in [-0.05, 0) is 30.7 Å². The van der Waals surface area contributed by atoms with E-state index in [1.54, 1.807) is 12.1 Å². The lowest BCUT2D eigenvalue weighted by Gasteiger charge is -2.17. The van der Waals surface area contributed by atoms with E-state index in [1.807, 2.05) is 12.1 Å². The number of hydrogen-bond acceptors (Lipinski definition) is 3. The molecular formula is C11H14N2O2. The van der Waals surface area contributed by atoms with E-state index >= 15 is 0 Å². The fraction of sp³-hybridized carbons (Fsp3) is 0.364. The van der Waals surface area contributed by atoms with Gasteiger partial charge in [-0.2, -0.15) is 0 Å². The first-order valence-corrected chi connectivity index (χ1v) is 4.99. The molecule has 1 saturated heterocycles. The maximum atomic E-state index is 10.9. The molecule has 1 amide bonds. The number of β-amino-alcohol motifs (C(OH)–C–C–N with tert-alkyl or cyclic N) is 1. The van der Waals surface area contributed by atoms with E-state index in [1.165, 1.54) is 0 Å². The third-order valence-electron chi connectivity index (χ3n) is 2.68. The summed E-state index contributed by atoms with van der Waals surface area (Å²) in [5, 5.41) is 9.39. The van der Waals surface area contributed by atoms with Crippen molar-refractivity contribution < 1.29 is 9.90 Å². The van der Waals surface area contributed by atoms with Gasteiger partial charge in [0.2, 0.25) is 5.91 Å². The summed E-state index contributed by atoms with van der Waals surface area (Å²) in [5.74, 6) is -0.414. The minimum atomic E-state index is -0.414. The van der Waals surface area contributed by atoms with E-state index in [0.29, 0.717) is 12.1 Å². The van der Waals surface area contributed by atoms with Gasteiger partial charge in [0.1, 0.15) is 0 Å². The average molecular weight is 206 g/mol. The molecule has 0 saturated carbocycles. The summed E-state index contributed by atoms with van der Waals surface area (Å²) in [4.78, 5) is 12.9. The minimum absolute atomic E-state index is 0.235. The second-order valence-electron chi connectivity index (χ2n) is 3.80. The van der Waals surface area contributed by atoms with Crippen molar-refractivity contribution in [1.82, 2.24) is 0 Å². The zero-order valence-electron chi connectivity index (χ0n) is 8.39. The number of nitrogens with zero attached hydrogens (tertiary/aromatic N) is 1.